The number of esters is 1. The molecule has 0 aliphatic heterocycles. The van der Waals surface area contributed by atoms with Crippen LogP contribution in [0, 0.1) is 17.7 Å². The predicted octanol–water partition coefficient (Wildman–Crippen LogP) is 5.77. The number of carbonyl (C=O) groups is 1. The summed E-state index contributed by atoms with van der Waals surface area (Å²) in [6.45, 7) is 2.21. The SMILES string of the molecule is CCCCCC1CCC(C(=O)Oc2ccc(Cl)c(F)c2)CC1. The molecular formula is C18H24ClFO2. The van der Waals surface area contributed by atoms with Gasteiger partial charge in [-0.3, -0.25) is 4.79 Å². The van der Waals surface area contributed by atoms with Crippen molar-refractivity contribution < 1.29 is 13.9 Å². The summed E-state index contributed by atoms with van der Waals surface area (Å²) >= 11 is 5.62. The molecule has 1 aromatic carbocycles. The minimum Gasteiger partial charge on any atom is -0.426 e. The Morgan fingerprint density at radius 2 is 2.00 bits per heavy atom. The summed E-state index contributed by atoms with van der Waals surface area (Å²) in [5.41, 5.74) is 0. The highest BCUT2D eigenvalue weighted by molar-refractivity contribution is 6.30. The Labute approximate surface area is 137 Å². The lowest BCUT2D eigenvalue weighted by atomic mass is 9.80. The van der Waals surface area contributed by atoms with Gasteiger partial charge in [-0.25, -0.2) is 4.39 Å². The van der Waals surface area contributed by atoms with Gasteiger partial charge in [-0.2, -0.15) is 0 Å². The van der Waals surface area contributed by atoms with Crippen molar-refractivity contribution in [1.82, 2.24) is 0 Å². The van der Waals surface area contributed by atoms with Gasteiger partial charge >= 0.3 is 5.97 Å². The van der Waals surface area contributed by atoms with Crippen molar-refractivity contribution in [3.05, 3.63) is 29.0 Å². The van der Waals surface area contributed by atoms with Gasteiger partial charge in [-0.15, -0.1) is 0 Å². The number of rotatable bonds is 6. The molecule has 0 N–H and O–H groups in total. The van der Waals surface area contributed by atoms with E-state index in [1.807, 2.05) is 0 Å². The van der Waals surface area contributed by atoms with Crippen LogP contribution in [0.1, 0.15) is 58.3 Å². The number of ether oxygens (including phenoxy) is 1. The van der Waals surface area contributed by atoms with E-state index in [1.165, 1.54) is 37.8 Å². The molecule has 1 fully saturated rings. The van der Waals surface area contributed by atoms with E-state index < -0.39 is 5.82 Å². The molecule has 1 aromatic rings. The quantitative estimate of drug-likeness (QED) is 0.377. The van der Waals surface area contributed by atoms with Crippen molar-refractivity contribution in [2.24, 2.45) is 11.8 Å². The molecule has 0 unspecified atom stereocenters. The van der Waals surface area contributed by atoms with Crippen LogP contribution >= 0.6 is 11.6 Å². The third-order valence-electron chi connectivity index (χ3n) is 4.51. The van der Waals surface area contributed by atoms with E-state index in [0.29, 0.717) is 0 Å². The summed E-state index contributed by atoms with van der Waals surface area (Å²) in [4.78, 5) is 12.2. The van der Waals surface area contributed by atoms with Gasteiger partial charge in [-0.05, 0) is 43.7 Å². The molecule has 1 aliphatic rings. The molecule has 22 heavy (non-hydrogen) atoms. The summed E-state index contributed by atoms with van der Waals surface area (Å²) in [7, 11) is 0. The van der Waals surface area contributed by atoms with Crippen molar-refractivity contribution in [1.29, 1.82) is 0 Å². The van der Waals surface area contributed by atoms with Gasteiger partial charge < -0.3 is 4.74 Å². The second-order valence-electron chi connectivity index (χ2n) is 6.21. The van der Waals surface area contributed by atoms with E-state index in [-0.39, 0.29) is 22.7 Å². The predicted molar refractivity (Wildman–Crippen MR) is 86.6 cm³/mol. The van der Waals surface area contributed by atoms with E-state index in [1.54, 1.807) is 0 Å². The minimum absolute atomic E-state index is 0.0346. The Bertz CT molecular complexity index is 496. The molecule has 122 valence electrons. The molecule has 0 bridgehead atoms. The van der Waals surface area contributed by atoms with Crippen LogP contribution in [0.25, 0.3) is 0 Å². The third kappa shape index (κ3) is 4.98. The van der Waals surface area contributed by atoms with Crippen molar-refractivity contribution in [3.8, 4) is 5.75 Å². The first kappa shape index (κ1) is 17.3. The zero-order valence-electron chi connectivity index (χ0n) is 13.1. The van der Waals surface area contributed by atoms with Crippen molar-refractivity contribution in [2.45, 2.75) is 58.3 Å². The first-order valence-electron chi connectivity index (χ1n) is 8.27. The van der Waals surface area contributed by atoms with E-state index >= 15 is 0 Å². The zero-order chi connectivity index (χ0) is 15.9. The molecule has 4 heteroatoms. The van der Waals surface area contributed by atoms with Crippen LogP contribution in [0.2, 0.25) is 5.02 Å². The molecule has 0 saturated heterocycles. The maximum Gasteiger partial charge on any atom is 0.314 e. The number of hydrogen-bond acceptors (Lipinski definition) is 2. The fraction of sp³-hybridized carbons (Fsp3) is 0.611. The van der Waals surface area contributed by atoms with Gasteiger partial charge in [0, 0.05) is 6.07 Å². The number of hydrogen-bond donors (Lipinski definition) is 0. The molecule has 0 aromatic heterocycles. The fourth-order valence-electron chi connectivity index (χ4n) is 3.11. The topological polar surface area (TPSA) is 26.3 Å². The van der Waals surface area contributed by atoms with Gasteiger partial charge in [0.2, 0.25) is 0 Å². The second kappa shape index (κ2) is 8.52. The molecule has 0 heterocycles. The Kier molecular flexibility index (Phi) is 6.69. The average Bonchev–Trinajstić information content (AvgIpc) is 2.52. The van der Waals surface area contributed by atoms with Crippen LogP contribution in [0.5, 0.6) is 5.75 Å². The molecule has 0 atom stereocenters. The van der Waals surface area contributed by atoms with Crippen molar-refractivity contribution in [2.75, 3.05) is 0 Å². The maximum absolute atomic E-state index is 13.3. The largest absolute Gasteiger partial charge is 0.426 e. The van der Waals surface area contributed by atoms with Crippen LogP contribution in [0.3, 0.4) is 0 Å². The lowest BCUT2D eigenvalue weighted by Crippen LogP contribution is -2.25. The summed E-state index contributed by atoms with van der Waals surface area (Å²) in [5.74, 6) is 0.127. The van der Waals surface area contributed by atoms with E-state index in [0.717, 1.165) is 37.7 Å². The standard InChI is InChI=1S/C18H24ClFO2/c1-2-3-4-5-13-6-8-14(9-7-13)18(21)22-15-10-11-16(19)17(20)12-15/h10-14H,2-9H2,1H3. The summed E-state index contributed by atoms with van der Waals surface area (Å²) in [6.07, 6.45) is 9.07. The van der Waals surface area contributed by atoms with E-state index in [4.69, 9.17) is 16.3 Å². The van der Waals surface area contributed by atoms with Crippen LogP contribution in [-0.4, -0.2) is 5.97 Å². The number of halogens is 2. The first-order chi connectivity index (χ1) is 10.6. The minimum atomic E-state index is -0.563. The molecule has 2 rings (SSSR count). The second-order valence-corrected chi connectivity index (χ2v) is 6.62. The van der Waals surface area contributed by atoms with Crippen molar-refractivity contribution >= 4 is 17.6 Å². The number of benzene rings is 1. The smallest absolute Gasteiger partial charge is 0.314 e. The summed E-state index contributed by atoms with van der Waals surface area (Å²) in [6, 6.07) is 4.10. The molecular weight excluding hydrogens is 303 g/mol. The number of unbranched alkanes of at least 4 members (excludes halogenated alkanes) is 2. The van der Waals surface area contributed by atoms with E-state index in [9.17, 15) is 9.18 Å². The molecule has 0 radical (unpaired) electrons. The Balaban J connectivity index is 1.78. The highest BCUT2D eigenvalue weighted by Gasteiger charge is 2.27. The maximum atomic E-state index is 13.3. The van der Waals surface area contributed by atoms with Gasteiger partial charge in [0.1, 0.15) is 11.6 Å². The monoisotopic (exact) mass is 326 g/mol. The lowest BCUT2D eigenvalue weighted by molar-refractivity contribution is -0.140. The average molecular weight is 327 g/mol. The molecule has 1 saturated carbocycles. The number of carbonyl (C=O) groups excluding carboxylic acids is 1. The van der Waals surface area contributed by atoms with Crippen LogP contribution in [-0.2, 0) is 4.79 Å². The van der Waals surface area contributed by atoms with Gasteiger partial charge in [0.25, 0.3) is 0 Å². The molecule has 1 aliphatic carbocycles. The molecule has 0 spiro atoms. The Hall–Kier alpha value is -1.09. The Morgan fingerprint density at radius 3 is 2.64 bits per heavy atom. The van der Waals surface area contributed by atoms with Gasteiger partial charge in [0.15, 0.2) is 0 Å². The van der Waals surface area contributed by atoms with E-state index in [2.05, 4.69) is 6.92 Å². The van der Waals surface area contributed by atoms with Gasteiger partial charge in [-0.1, -0.05) is 44.2 Å². The van der Waals surface area contributed by atoms with Crippen LogP contribution < -0.4 is 4.74 Å². The van der Waals surface area contributed by atoms with Crippen LogP contribution in [0.4, 0.5) is 4.39 Å². The fourth-order valence-corrected chi connectivity index (χ4v) is 3.23. The van der Waals surface area contributed by atoms with Crippen LogP contribution in [0.15, 0.2) is 18.2 Å². The van der Waals surface area contributed by atoms with Gasteiger partial charge in [0.05, 0.1) is 10.9 Å². The third-order valence-corrected chi connectivity index (χ3v) is 4.81. The Morgan fingerprint density at radius 1 is 1.27 bits per heavy atom. The zero-order valence-corrected chi connectivity index (χ0v) is 13.9. The molecule has 0 amide bonds. The summed E-state index contributed by atoms with van der Waals surface area (Å²) < 4.78 is 18.6. The normalized spacial score (nSPS) is 21.6. The lowest BCUT2D eigenvalue weighted by Gasteiger charge is -2.27. The first-order valence-corrected chi connectivity index (χ1v) is 8.64. The molecule has 2 nitrogen and oxygen atoms in total. The highest BCUT2D eigenvalue weighted by atomic mass is 35.5. The summed E-state index contributed by atoms with van der Waals surface area (Å²) in [5, 5.41) is 0.0346. The van der Waals surface area contributed by atoms with Crippen molar-refractivity contribution in [3.63, 3.8) is 0 Å². The highest BCUT2D eigenvalue weighted by Crippen LogP contribution is 2.33.